The van der Waals surface area contributed by atoms with Crippen LogP contribution in [-0.4, -0.2) is 17.6 Å². The zero-order valence-corrected chi connectivity index (χ0v) is 13.1. The first-order valence-corrected chi connectivity index (χ1v) is 6.98. The molecule has 124 valence electrons. The molecule has 1 heterocycles. The van der Waals surface area contributed by atoms with Gasteiger partial charge in [0.25, 0.3) is 11.8 Å². The fraction of sp³-hybridized carbons (Fsp3) is 0.118. The van der Waals surface area contributed by atoms with Crippen molar-refractivity contribution in [2.75, 3.05) is 5.32 Å². The standard InChI is InChI=1S/C17H15FN2O4/c1-9(21)14-10(2)24-17(15(14)16(19)23)20-13(22)8-5-11-3-6-12(18)7-4-11/h3-8H,1-2H3,(H2,19,23)(H,20,22)/b8-5+. The summed E-state index contributed by atoms with van der Waals surface area (Å²) in [6.07, 6.45) is 2.64. The summed E-state index contributed by atoms with van der Waals surface area (Å²) in [7, 11) is 0. The molecule has 0 atom stereocenters. The van der Waals surface area contributed by atoms with Crippen molar-refractivity contribution in [3.05, 3.63) is 58.6 Å². The third-order valence-corrected chi connectivity index (χ3v) is 3.22. The second-order valence-electron chi connectivity index (χ2n) is 5.03. The maximum absolute atomic E-state index is 12.8. The first-order valence-electron chi connectivity index (χ1n) is 6.98. The van der Waals surface area contributed by atoms with Crippen molar-refractivity contribution in [1.29, 1.82) is 0 Å². The van der Waals surface area contributed by atoms with Crippen molar-refractivity contribution < 1.29 is 23.2 Å². The Labute approximate surface area is 137 Å². The lowest BCUT2D eigenvalue weighted by molar-refractivity contribution is -0.111. The van der Waals surface area contributed by atoms with Gasteiger partial charge in [0.15, 0.2) is 5.78 Å². The van der Waals surface area contributed by atoms with Crippen molar-refractivity contribution >= 4 is 29.6 Å². The van der Waals surface area contributed by atoms with Crippen LogP contribution in [0.2, 0.25) is 0 Å². The quantitative estimate of drug-likeness (QED) is 0.650. The van der Waals surface area contributed by atoms with E-state index in [1.54, 1.807) is 0 Å². The minimum absolute atomic E-state index is 0.0420. The molecule has 1 aromatic carbocycles. The average Bonchev–Trinajstić information content (AvgIpc) is 2.83. The number of primary amides is 1. The Morgan fingerprint density at radius 1 is 1.17 bits per heavy atom. The van der Waals surface area contributed by atoms with Crippen molar-refractivity contribution in [3.8, 4) is 0 Å². The topological polar surface area (TPSA) is 102 Å². The summed E-state index contributed by atoms with van der Waals surface area (Å²) in [5.41, 5.74) is 5.76. The van der Waals surface area contributed by atoms with E-state index in [9.17, 15) is 18.8 Å². The molecule has 2 amide bonds. The number of hydrogen-bond acceptors (Lipinski definition) is 4. The molecular formula is C17H15FN2O4. The summed E-state index contributed by atoms with van der Waals surface area (Å²) in [6.45, 7) is 2.76. The molecule has 3 N–H and O–H groups in total. The highest BCUT2D eigenvalue weighted by atomic mass is 19.1. The van der Waals surface area contributed by atoms with Crippen LogP contribution in [0, 0.1) is 12.7 Å². The number of anilines is 1. The largest absolute Gasteiger partial charge is 0.444 e. The molecule has 0 fully saturated rings. The molecule has 0 saturated heterocycles. The molecule has 0 bridgehead atoms. The van der Waals surface area contributed by atoms with Gasteiger partial charge in [0, 0.05) is 6.08 Å². The van der Waals surface area contributed by atoms with Crippen molar-refractivity contribution in [2.45, 2.75) is 13.8 Å². The molecule has 2 rings (SSSR count). The number of aryl methyl sites for hydroxylation is 1. The number of rotatable bonds is 5. The number of furan rings is 1. The van der Waals surface area contributed by atoms with E-state index >= 15 is 0 Å². The maximum Gasteiger partial charge on any atom is 0.255 e. The van der Waals surface area contributed by atoms with E-state index in [0.717, 1.165) is 0 Å². The molecule has 1 aromatic heterocycles. The van der Waals surface area contributed by atoms with E-state index < -0.39 is 17.6 Å². The Morgan fingerprint density at radius 3 is 2.33 bits per heavy atom. The number of amides is 2. The first kappa shape index (κ1) is 17.1. The Morgan fingerprint density at radius 2 is 1.79 bits per heavy atom. The second kappa shape index (κ2) is 6.91. The van der Waals surface area contributed by atoms with Gasteiger partial charge in [0.1, 0.15) is 17.1 Å². The number of hydrogen-bond donors (Lipinski definition) is 2. The minimum atomic E-state index is -0.880. The predicted octanol–water partition coefficient (Wildman–Crippen LogP) is 2.68. The van der Waals surface area contributed by atoms with Gasteiger partial charge >= 0.3 is 0 Å². The molecule has 0 spiro atoms. The molecule has 2 aromatic rings. The molecule has 24 heavy (non-hydrogen) atoms. The summed E-state index contributed by atoms with van der Waals surface area (Å²) in [5, 5.41) is 2.37. The Kier molecular flexibility index (Phi) is 4.93. The fourth-order valence-electron chi connectivity index (χ4n) is 2.19. The number of Topliss-reactive ketones (excluding diaryl/α,β-unsaturated/α-hetero) is 1. The SMILES string of the molecule is CC(=O)c1c(C)oc(NC(=O)/C=C/c2ccc(F)cc2)c1C(N)=O. The van der Waals surface area contributed by atoms with Crippen molar-refractivity contribution in [2.24, 2.45) is 5.73 Å². The number of nitrogens with two attached hydrogens (primary N) is 1. The minimum Gasteiger partial charge on any atom is -0.444 e. The summed E-state index contributed by atoms with van der Waals surface area (Å²) < 4.78 is 18.1. The van der Waals surface area contributed by atoms with Gasteiger partial charge in [-0.25, -0.2) is 4.39 Å². The van der Waals surface area contributed by atoms with Crippen LogP contribution in [0.5, 0.6) is 0 Å². The normalized spacial score (nSPS) is 10.8. The van der Waals surface area contributed by atoms with E-state index in [0.29, 0.717) is 5.56 Å². The van der Waals surface area contributed by atoms with Crippen LogP contribution in [0.15, 0.2) is 34.8 Å². The maximum atomic E-state index is 12.8. The van der Waals surface area contributed by atoms with Crippen LogP contribution in [0.3, 0.4) is 0 Å². The summed E-state index contributed by atoms with van der Waals surface area (Å²) in [4.78, 5) is 35.1. The molecule has 7 heteroatoms. The van der Waals surface area contributed by atoms with Crippen LogP contribution in [-0.2, 0) is 4.79 Å². The van der Waals surface area contributed by atoms with E-state index in [2.05, 4.69) is 5.32 Å². The van der Waals surface area contributed by atoms with Crippen LogP contribution < -0.4 is 11.1 Å². The van der Waals surface area contributed by atoms with Gasteiger partial charge in [-0.3, -0.25) is 19.7 Å². The third-order valence-electron chi connectivity index (χ3n) is 3.22. The molecule has 6 nitrogen and oxygen atoms in total. The summed E-state index contributed by atoms with van der Waals surface area (Å²) in [5.74, 6) is -2.24. The number of nitrogens with one attached hydrogen (secondary N) is 1. The van der Waals surface area contributed by atoms with E-state index in [1.807, 2.05) is 0 Å². The molecule has 0 unspecified atom stereocenters. The Bertz CT molecular complexity index is 835. The number of halogens is 1. The van der Waals surface area contributed by atoms with Crippen LogP contribution in [0.4, 0.5) is 10.3 Å². The van der Waals surface area contributed by atoms with Gasteiger partial charge in [0.05, 0.1) is 5.56 Å². The fourth-order valence-corrected chi connectivity index (χ4v) is 2.19. The number of ketones is 1. The smallest absolute Gasteiger partial charge is 0.255 e. The second-order valence-corrected chi connectivity index (χ2v) is 5.03. The van der Waals surface area contributed by atoms with Crippen molar-refractivity contribution in [3.63, 3.8) is 0 Å². The molecule has 0 aliphatic carbocycles. The zero-order valence-electron chi connectivity index (χ0n) is 13.1. The molecular weight excluding hydrogens is 315 g/mol. The number of benzene rings is 1. The van der Waals surface area contributed by atoms with E-state index in [-0.39, 0.29) is 28.6 Å². The van der Waals surface area contributed by atoms with Gasteiger partial charge < -0.3 is 10.2 Å². The van der Waals surface area contributed by atoms with Crippen LogP contribution in [0.1, 0.15) is 39.0 Å². The Balaban J connectivity index is 2.23. The van der Waals surface area contributed by atoms with E-state index in [4.69, 9.17) is 10.2 Å². The van der Waals surface area contributed by atoms with Gasteiger partial charge in [-0.1, -0.05) is 12.1 Å². The lowest BCUT2D eigenvalue weighted by Crippen LogP contribution is -2.18. The van der Waals surface area contributed by atoms with Gasteiger partial charge in [0.2, 0.25) is 5.88 Å². The van der Waals surface area contributed by atoms with Crippen LogP contribution >= 0.6 is 0 Å². The third kappa shape index (κ3) is 3.75. The molecule has 0 aliphatic rings. The monoisotopic (exact) mass is 330 g/mol. The van der Waals surface area contributed by atoms with Gasteiger partial charge in [-0.05, 0) is 37.6 Å². The molecule has 0 aliphatic heterocycles. The summed E-state index contributed by atoms with van der Waals surface area (Å²) >= 11 is 0. The highest BCUT2D eigenvalue weighted by molar-refractivity contribution is 6.13. The molecule has 0 saturated carbocycles. The van der Waals surface area contributed by atoms with Gasteiger partial charge in [-0.15, -0.1) is 0 Å². The predicted molar refractivity (Wildman–Crippen MR) is 86.0 cm³/mol. The number of carbonyl (C=O) groups excluding carboxylic acids is 3. The lowest BCUT2D eigenvalue weighted by atomic mass is 10.1. The summed E-state index contributed by atoms with van der Waals surface area (Å²) in [6, 6.07) is 5.52. The zero-order chi connectivity index (χ0) is 17.9. The van der Waals surface area contributed by atoms with E-state index in [1.165, 1.54) is 50.3 Å². The molecule has 0 radical (unpaired) electrons. The Hall–Kier alpha value is -3.22. The highest BCUT2D eigenvalue weighted by Crippen LogP contribution is 2.27. The number of carbonyl (C=O) groups is 3. The van der Waals surface area contributed by atoms with Crippen molar-refractivity contribution in [1.82, 2.24) is 0 Å². The van der Waals surface area contributed by atoms with Gasteiger partial charge in [-0.2, -0.15) is 0 Å². The first-order chi connectivity index (χ1) is 11.3. The highest BCUT2D eigenvalue weighted by Gasteiger charge is 2.25. The average molecular weight is 330 g/mol. The van der Waals surface area contributed by atoms with Crippen LogP contribution in [0.25, 0.3) is 6.08 Å². The lowest BCUT2D eigenvalue weighted by Gasteiger charge is -2.01.